The lowest BCUT2D eigenvalue weighted by Crippen LogP contribution is -2.22. The minimum atomic E-state index is -0.238. The van der Waals surface area contributed by atoms with Gasteiger partial charge >= 0.3 is 0 Å². The van der Waals surface area contributed by atoms with Crippen molar-refractivity contribution in [3.8, 4) is 22.6 Å². The number of benzene rings is 2. The van der Waals surface area contributed by atoms with E-state index in [0.717, 1.165) is 28.9 Å². The van der Waals surface area contributed by atoms with E-state index < -0.39 is 0 Å². The van der Waals surface area contributed by atoms with Crippen molar-refractivity contribution in [2.45, 2.75) is 13.0 Å². The molecule has 8 nitrogen and oxygen atoms in total. The normalized spacial score (nSPS) is 13.4. The third-order valence-corrected chi connectivity index (χ3v) is 5.91. The Hall–Kier alpha value is -3.91. The summed E-state index contributed by atoms with van der Waals surface area (Å²) < 4.78 is 14.7. The third-order valence-electron chi connectivity index (χ3n) is 5.66. The van der Waals surface area contributed by atoms with Crippen LogP contribution in [-0.4, -0.2) is 37.6 Å². The molecule has 0 amide bonds. The molecule has 0 fully saturated rings. The summed E-state index contributed by atoms with van der Waals surface area (Å²) in [5.41, 5.74) is 3.86. The highest BCUT2D eigenvalue weighted by atomic mass is 35.5. The van der Waals surface area contributed by atoms with Gasteiger partial charge in [0.25, 0.3) is 5.56 Å². The summed E-state index contributed by atoms with van der Waals surface area (Å²) in [5, 5.41) is 13.7. The van der Waals surface area contributed by atoms with Crippen LogP contribution in [0.4, 0.5) is 0 Å². The molecule has 0 aliphatic carbocycles. The summed E-state index contributed by atoms with van der Waals surface area (Å²) in [6.45, 7) is 1.62. The second kappa shape index (κ2) is 7.90. The number of aromatic nitrogens is 5. The lowest BCUT2D eigenvalue weighted by Gasteiger charge is -2.11. The number of nitrogens with zero attached hydrogens (tertiary/aromatic N) is 5. The molecule has 9 heteroatoms. The van der Waals surface area contributed by atoms with Crippen molar-refractivity contribution in [1.29, 1.82) is 0 Å². The summed E-state index contributed by atoms with van der Waals surface area (Å²) >= 11 is 6.00. The van der Waals surface area contributed by atoms with Crippen LogP contribution in [0.3, 0.4) is 0 Å². The Kier molecular flexibility index (Phi) is 4.73. The van der Waals surface area contributed by atoms with E-state index >= 15 is 0 Å². The van der Waals surface area contributed by atoms with Gasteiger partial charge < -0.3 is 14.0 Å². The maximum absolute atomic E-state index is 13.2. The number of halogens is 1. The van der Waals surface area contributed by atoms with Crippen LogP contribution in [0.5, 0.6) is 11.5 Å². The molecule has 0 spiro atoms. The van der Waals surface area contributed by atoms with E-state index in [1.165, 1.54) is 0 Å². The smallest absolute Gasteiger partial charge is 0.280 e. The highest BCUT2D eigenvalue weighted by molar-refractivity contribution is 6.30. The van der Waals surface area contributed by atoms with Crippen LogP contribution >= 0.6 is 11.6 Å². The molecule has 164 valence electrons. The van der Waals surface area contributed by atoms with Crippen molar-refractivity contribution in [3.05, 3.63) is 81.9 Å². The molecule has 4 heterocycles. The van der Waals surface area contributed by atoms with Gasteiger partial charge in [0.2, 0.25) is 0 Å². The van der Waals surface area contributed by atoms with Gasteiger partial charge in [-0.1, -0.05) is 29.8 Å². The second-order valence-electron chi connectivity index (χ2n) is 7.81. The molecule has 0 radical (unpaired) electrons. The number of hydrogen-bond acceptors (Lipinski definition) is 6. The summed E-state index contributed by atoms with van der Waals surface area (Å²) in [7, 11) is 0. The predicted molar refractivity (Wildman–Crippen MR) is 124 cm³/mol. The third kappa shape index (κ3) is 3.48. The van der Waals surface area contributed by atoms with Crippen LogP contribution in [0.15, 0.2) is 65.7 Å². The highest BCUT2D eigenvalue weighted by Crippen LogP contribution is 2.31. The fourth-order valence-electron chi connectivity index (χ4n) is 3.99. The quantitative estimate of drug-likeness (QED) is 0.406. The minimum absolute atomic E-state index is 0.238. The molecule has 2 aromatic carbocycles. The lowest BCUT2D eigenvalue weighted by molar-refractivity contribution is 0.297. The molecule has 1 aliphatic heterocycles. The molecule has 6 rings (SSSR count). The van der Waals surface area contributed by atoms with Gasteiger partial charge in [-0.25, -0.2) is 4.52 Å². The Morgan fingerprint density at radius 2 is 1.79 bits per heavy atom. The monoisotopic (exact) mass is 459 g/mol. The van der Waals surface area contributed by atoms with Gasteiger partial charge in [-0.15, -0.1) is 10.2 Å². The summed E-state index contributed by atoms with van der Waals surface area (Å²) in [4.78, 5) is 13.2. The molecule has 0 saturated heterocycles. The van der Waals surface area contributed by atoms with E-state index in [0.29, 0.717) is 41.7 Å². The first-order valence-electron chi connectivity index (χ1n) is 10.6. The molecule has 1 aliphatic rings. The summed E-state index contributed by atoms with van der Waals surface area (Å²) in [5.74, 6) is 1.43. The van der Waals surface area contributed by atoms with Crippen molar-refractivity contribution in [2.24, 2.45) is 0 Å². The Labute approximate surface area is 193 Å². The first-order valence-corrected chi connectivity index (χ1v) is 10.9. The van der Waals surface area contributed by atoms with Gasteiger partial charge in [-0.2, -0.15) is 5.10 Å². The minimum Gasteiger partial charge on any atom is -0.490 e. The molecule has 0 saturated carbocycles. The Morgan fingerprint density at radius 1 is 0.970 bits per heavy atom. The van der Waals surface area contributed by atoms with Crippen molar-refractivity contribution < 1.29 is 9.47 Å². The number of fused-ring (bicyclic) bond motifs is 4. The lowest BCUT2D eigenvalue weighted by atomic mass is 10.1. The molecular formula is C24H18ClN5O3. The standard InChI is InChI=1S/C24H18ClN5O3/c25-17-5-3-16(4-6-17)18-13-26-30-19-8-9-29(24(31)22(19)27-28-23(18)30)14-15-2-7-20-21(12-15)33-11-1-10-32-20/h2-9,12-13H,1,10-11,14H2. The fourth-order valence-corrected chi connectivity index (χ4v) is 4.12. The Bertz CT molecular complexity index is 1560. The average Bonchev–Trinajstić information content (AvgIpc) is 3.13. The molecule has 0 atom stereocenters. The zero-order valence-electron chi connectivity index (χ0n) is 17.4. The topological polar surface area (TPSA) is 83.5 Å². The number of rotatable bonds is 3. The summed E-state index contributed by atoms with van der Waals surface area (Å²) in [6, 6.07) is 15.0. The molecule has 0 N–H and O–H groups in total. The number of ether oxygens (including phenoxy) is 2. The van der Waals surface area contributed by atoms with Crippen LogP contribution in [0, 0.1) is 0 Å². The van der Waals surface area contributed by atoms with E-state index in [-0.39, 0.29) is 11.1 Å². The number of pyridine rings is 1. The molecule has 33 heavy (non-hydrogen) atoms. The molecule has 3 aromatic heterocycles. The van der Waals surface area contributed by atoms with Crippen molar-refractivity contribution in [1.82, 2.24) is 24.4 Å². The van der Waals surface area contributed by atoms with Crippen LogP contribution in [0.2, 0.25) is 5.02 Å². The highest BCUT2D eigenvalue weighted by Gasteiger charge is 2.15. The zero-order valence-corrected chi connectivity index (χ0v) is 18.2. The van der Waals surface area contributed by atoms with Gasteiger partial charge in [0.15, 0.2) is 22.7 Å². The van der Waals surface area contributed by atoms with Crippen molar-refractivity contribution in [3.63, 3.8) is 0 Å². The predicted octanol–water partition coefficient (Wildman–Crippen LogP) is 3.97. The largest absolute Gasteiger partial charge is 0.490 e. The molecule has 0 bridgehead atoms. The maximum Gasteiger partial charge on any atom is 0.280 e. The van der Waals surface area contributed by atoms with Crippen LogP contribution in [0.25, 0.3) is 27.8 Å². The Balaban J connectivity index is 1.39. The molecular weight excluding hydrogens is 442 g/mol. The van der Waals surface area contributed by atoms with Gasteiger partial charge in [0.05, 0.1) is 26.0 Å². The van der Waals surface area contributed by atoms with E-state index in [1.54, 1.807) is 21.5 Å². The van der Waals surface area contributed by atoms with Crippen molar-refractivity contribution >= 4 is 28.3 Å². The Morgan fingerprint density at radius 3 is 2.64 bits per heavy atom. The van der Waals surface area contributed by atoms with Gasteiger partial charge in [0.1, 0.15) is 5.52 Å². The van der Waals surface area contributed by atoms with Crippen LogP contribution < -0.4 is 15.0 Å². The van der Waals surface area contributed by atoms with Gasteiger partial charge in [0, 0.05) is 23.2 Å². The average molecular weight is 460 g/mol. The number of hydrogen-bond donors (Lipinski definition) is 0. The van der Waals surface area contributed by atoms with Crippen LogP contribution in [0.1, 0.15) is 12.0 Å². The van der Waals surface area contributed by atoms with E-state index in [4.69, 9.17) is 21.1 Å². The molecule has 5 aromatic rings. The fraction of sp³-hybridized carbons (Fsp3) is 0.167. The van der Waals surface area contributed by atoms with E-state index in [9.17, 15) is 4.79 Å². The van der Waals surface area contributed by atoms with Crippen molar-refractivity contribution in [2.75, 3.05) is 13.2 Å². The SMILES string of the molecule is O=c1c2nnc3c(-c4ccc(Cl)cc4)cnn3c2ccn1Cc1ccc2c(c1)OCCCO2. The van der Waals surface area contributed by atoms with Gasteiger partial charge in [-0.05, 0) is 41.5 Å². The molecule has 0 unspecified atom stereocenters. The first-order chi connectivity index (χ1) is 16.2. The summed E-state index contributed by atoms with van der Waals surface area (Å²) in [6.07, 6.45) is 4.31. The van der Waals surface area contributed by atoms with Crippen LogP contribution in [-0.2, 0) is 6.54 Å². The van der Waals surface area contributed by atoms with E-state index in [2.05, 4.69) is 15.3 Å². The maximum atomic E-state index is 13.2. The second-order valence-corrected chi connectivity index (χ2v) is 8.25. The van der Waals surface area contributed by atoms with Gasteiger partial charge in [-0.3, -0.25) is 4.79 Å². The van der Waals surface area contributed by atoms with E-state index in [1.807, 2.05) is 48.5 Å². The first kappa shape index (κ1) is 19.8. The zero-order chi connectivity index (χ0) is 22.4.